The van der Waals surface area contributed by atoms with Crippen LogP contribution in [0.2, 0.25) is 0 Å². The van der Waals surface area contributed by atoms with E-state index < -0.39 is 0 Å². The highest BCUT2D eigenvalue weighted by Crippen LogP contribution is 2.60. The highest BCUT2D eigenvalue weighted by molar-refractivity contribution is 5.84. The molecule has 11 nitrogen and oxygen atoms in total. The summed E-state index contributed by atoms with van der Waals surface area (Å²) in [5.74, 6) is 3.78. The third kappa shape index (κ3) is 14.7. The second-order valence-corrected chi connectivity index (χ2v) is 14.3. The Kier molecular flexibility index (Phi) is 19.4. The van der Waals surface area contributed by atoms with E-state index in [4.69, 9.17) is 52.1 Å². The third-order valence-electron chi connectivity index (χ3n) is 10.4. The van der Waals surface area contributed by atoms with Crippen LogP contribution in [-0.2, 0) is 52.8 Å². The molecule has 52 heavy (non-hydrogen) atoms. The fourth-order valence-corrected chi connectivity index (χ4v) is 8.33. The zero-order valence-electron chi connectivity index (χ0n) is 31.6. The molecule has 4 bridgehead atoms. The van der Waals surface area contributed by atoms with E-state index in [0.717, 1.165) is 23.5 Å². The summed E-state index contributed by atoms with van der Waals surface area (Å²) in [6.45, 7) is 10.7. The number of fused-ring (bicyclic) bond motifs is 1. The topological polar surface area (TPSA) is 102 Å². The van der Waals surface area contributed by atoms with E-state index in [2.05, 4.69) is 36.4 Å². The largest absolute Gasteiger partial charge is 0.491 e. The van der Waals surface area contributed by atoms with Crippen molar-refractivity contribution in [1.29, 1.82) is 0 Å². The summed E-state index contributed by atoms with van der Waals surface area (Å²) in [7, 11) is 1.65. The van der Waals surface area contributed by atoms with Gasteiger partial charge >= 0.3 is 0 Å². The summed E-state index contributed by atoms with van der Waals surface area (Å²) in [5.41, 5.74) is 2.01. The molecule has 0 aromatic heterocycles. The Hall–Kier alpha value is -1.90. The van der Waals surface area contributed by atoms with Crippen molar-refractivity contribution in [2.75, 3.05) is 139 Å². The maximum atomic E-state index is 5.98. The van der Waals surface area contributed by atoms with Gasteiger partial charge in [-0.05, 0) is 90.2 Å². The van der Waals surface area contributed by atoms with Crippen molar-refractivity contribution in [2.24, 2.45) is 17.8 Å². The molecule has 294 valence electrons. The Balaban J connectivity index is 0.745. The predicted molar refractivity (Wildman–Crippen MR) is 199 cm³/mol. The van der Waals surface area contributed by atoms with Crippen LogP contribution in [0.3, 0.4) is 0 Å². The summed E-state index contributed by atoms with van der Waals surface area (Å²) in [6.07, 6.45) is 8.66. The number of rotatable bonds is 32. The first-order chi connectivity index (χ1) is 25.7. The lowest BCUT2D eigenvalue weighted by atomic mass is 9.48. The predicted octanol–water partition coefficient (Wildman–Crippen LogP) is 5.48. The molecule has 0 radical (unpaired) electrons. The second kappa shape index (κ2) is 24.5. The molecule has 2 aromatic carbocycles. The van der Waals surface area contributed by atoms with Gasteiger partial charge in [-0.2, -0.15) is 0 Å². The van der Waals surface area contributed by atoms with Crippen molar-refractivity contribution in [3.63, 3.8) is 0 Å². The second-order valence-electron chi connectivity index (χ2n) is 14.3. The van der Waals surface area contributed by atoms with E-state index in [1.165, 1.54) is 49.3 Å². The Bertz CT molecular complexity index is 1190. The normalized spacial score (nSPS) is 22.1. The minimum absolute atomic E-state index is 0.436. The summed E-state index contributed by atoms with van der Waals surface area (Å²) >= 11 is 0. The summed E-state index contributed by atoms with van der Waals surface area (Å²) in [6, 6.07) is 13.6. The zero-order chi connectivity index (χ0) is 35.9. The van der Waals surface area contributed by atoms with Gasteiger partial charge in [-0.1, -0.05) is 24.3 Å². The number of hydrogen-bond donors (Lipinski definition) is 0. The summed E-state index contributed by atoms with van der Waals surface area (Å²) in [4.78, 5) is 0. The molecule has 6 rings (SSSR count). The molecule has 4 saturated carbocycles. The van der Waals surface area contributed by atoms with Crippen molar-refractivity contribution in [1.82, 2.24) is 0 Å². The fourth-order valence-electron chi connectivity index (χ4n) is 8.33. The molecular weight excluding hydrogens is 668 g/mol. The average Bonchev–Trinajstić information content (AvgIpc) is 3.15. The first kappa shape index (κ1) is 41.3. The molecular formula is C41H64O11. The first-order valence-corrected chi connectivity index (χ1v) is 19.6. The van der Waals surface area contributed by atoms with Crippen molar-refractivity contribution in [3.05, 3.63) is 42.0 Å². The molecule has 0 atom stereocenters. The molecule has 11 heteroatoms. The fraction of sp³-hybridized carbons (Fsp3) is 0.756. The van der Waals surface area contributed by atoms with Gasteiger partial charge in [-0.25, -0.2) is 0 Å². The van der Waals surface area contributed by atoms with E-state index in [1.807, 2.05) is 0 Å². The monoisotopic (exact) mass is 732 g/mol. The lowest BCUT2D eigenvalue weighted by molar-refractivity contribution is -0.0262. The van der Waals surface area contributed by atoms with Crippen molar-refractivity contribution in [2.45, 2.75) is 43.9 Å². The van der Waals surface area contributed by atoms with Crippen LogP contribution in [0.5, 0.6) is 5.75 Å². The maximum absolute atomic E-state index is 5.98. The highest BCUT2D eigenvalue weighted by atomic mass is 16.6. The van der Waals surface area contributed by atoms with Crippen LogP contribution in [0.15, 0.2) is 36.4 Å². The van der Waals surface area contributed by atoms with Crippen LogP contribution in [-0.4, -0.2) is 139 Å². The van der Waals surface area contributed by atoms with Gasteiger partial charge in [0.2, 0.25) is 0 Å². The molecule has 4 aliphatic rings. The van der Waals surface area contributed by atoms with Crippen molar-refractivity contribution < 1.29 is 52.1 Å². The standard InChI is InChI=1S/C41H64O11/c1-42-6-7-43-8-9-44-10-11-45-12-13-46-14-15-47-16-17-48-18-19-49-20-21-50-22-23-51-24-25-52-40-5-3-37-29-39(4-2-38(37)30-40)41-31-34-26-35(32-41)28-36(27-34)33-41/h2-5,29-30,34-36H,6-28,31-33H2,1H3. The number of ether oxygens (including phenoxy) is 11. The number of hydrogen-bond acceptors (Lipinski definition) is 11. The van der Waals surface area contributed by atoms with Gasteiger partial charge in [0.05, 0.1) is 126 Å². The number of benzene rings is 2. The maximum Gasteiger partial charge on any atom is 0.120 e. The Morgan fingerprint density at radius 2 is 0.769 bits per heavy atom. The quantitative estimate of drug-likeness (QED) is 0.0895. The smallest absolute Gasteiger partial charge is 0.120 e. The molecule has 0 spiro atoms. The van der Waals surface area contributed by atoms with Crippen LogP contribution < -0.4 is 4.74 Å². The van der Waals surface area contributed by atoms with Crippen LogP contribution >= 0.6 is 0 Å². The summed E-state index contributed by atoms with van der Waals surface area (Å²) in [5, 5.41) is 2.57. The SMILES string of the molecule is COCCOCCOCCOCCOCCOCCOCCOCCOCCOCCOc1ccc2cc(C34CC5CC(CC(C5)C3)C4)ccc2c1. The van der Waals surface area contributed by atoms with Gasteiger partial charge in [-0.3, -0.25) is 0 Å². The van der Waals surface area contributed by atoms with Gasteiger partial charge in [-0.15, -0.1) is 0 Å². The Morgan fingerprint density at radius 3 is 1.17 bits per heavy atom. The highest BCUT2D eigenvalue weighted by Gasteiger charge is 2.51. The van der Waals surface area contributed by atoms with E-state index in [1.54, 1.807) is 12.7 Å². The third-order valence-corrected chi connectivity index (χ3v) is 10.4. The molecule has 0 unspecified atom stereocenters. The van der Waals surface area contributed by atoms with E-state index in [9.17, 15) is 0 Å². The first-order valence-electron chi connectivity index (χ1n) is 19.6. The van der Waals surface area contributed by atoms with Crippen LogP contribution in [0.1, 0.15) is 44.1 Å². The summed E-state index contributed by atoms with van der Waals surface area (Å²) < 4.78 is 60.4. The van der Waals surface area contributed by atoms with E-state index >= 15 is 0 Å². The molecule has 0 aliphatic heterocycles. The van der Waals surface area contributed by atoms with Gasteiger partial charge in [0, 0.05) is 7.11 Å². The lowest BCUT2D eigenvalue weighted by Gasteiger charge is -2.57. The molecule has 4 aliphatic carbocycles. The van der Waals surface area contributed by atoms with Gasteiger partial charge < -0.3 is 52.1 Å². The van der Waals surface area contributed by atoms with Gasteiger partial charge in [0.1, 0.15) is 12.4 Å². The molecule has 4 fully saturated rings. The van der Waals surface area contributed by atoms with Crippen molar-refractivity contribution in [3.8, 4) is 5.75 Å². The number of methoxy groups -OCH3 is 1. The minimum Gasteiger partial charge on any atom is -0.491 e. The van der Waals surface area contributed by atoms with Gasteiger partial charge in [0.25, 0.3) is 0 Å². The molecule has 0 saturated heterocycles. The molecule has 0 N–H and O–H groups in total. The van der Waals surface area contributed by atoms with Crippen LogP contribution in [0.4, 0.5) is 0 Å². The van der Waals surface area contributed by atoms with Crippen LogP contribution in [0, 0.1) is 17.8 Å². The molecule has 0 amide bonds. The van der Waals surface area contributed by atoms with Gasteiger partial charge in [0.15, 0.2) is 0 Å². The zero-order valence-corrected chi connectivity index (χ0v) is 31.6. The van der Waals surface area contributed by atoms with Crippen LogP contribution in [0.25, 0.3) is 10.8 Å². The lowest BCUT2D eigenvalue weighted by Crippen LogP contribution is -2.48. The average molecular weight is 733 g/mol. The van der Waals surface area contributed by atoms with E-state index in [0.29, 0.717) is 138 Å². The Morgan fingerprint density at radius 1 is 0.423 bits per heavy atom. The molecule has 2 aromatic rings. The Labute approximate surface area is 311 Å². The van der Waals surface area contributed by atoms with Crippen molar-refractivity contribution >= 4 is 10.8 Å². The van der Waals surface area contributed by atoms with E-state index in [-0.39, 0.29) is 0 Å². The minimum atomic E-state index is 0.436. The molecule has 0 heterocycles.